The predicted molar refractivity (Wildman–Crippen MR) is 99.0 cm³/mol. The number of carbonyl (C=O) groups is 2. The summed E-state index contributed by atoms with van der Waals surface area (Å²) in [6.07, 6.45) is 1.26. The maximum atomic E-state index is 13.0. The topological polar surface area (TPSA) is 66.8 Å². The minimum absolute atomic E-state index is 0.0551. The molecule has 0 saturated carbocycles. The third-order valence-corrected chi connectivity index (χ3v) is 4.79. The number of rotatable bonds is 5. The monoisotopic (exact) mass is 353 g/mol. The average molecular weight is 353 g/mol. The third-order valence-electron chi connectivity index (χ3n) is 4.79. The molecule has 136 valence electrons. The van der Waals surface area contributed by atoms with Crippen LogP contribution in [0.25, 0.3) is 0 Å². The number of likely N-dealkylation sites (tertiary alicyclic amines) is 1. The van der Waals surface area contributed by atoms with Crippen LogP contribution >= 0.6 is 0 Å². The fourth-order valence-electron chi connectivity index (χ4n) is 3.36. The van der Waals surface area contributed by atoms with E-state index in [4.69, 9.17) is 4.74 Å². The van der Waals surface area contributed by atoms with E-state index in [1.165, 1.54) is 4.90 Å². The minimum Gasteiger partial charge on any atom is -0.465 e. The summed E-state index contributed by atoms with van der Waals surface area (Å²) in [4.78, 5) is 25.6. The second kappa shape index (κ2) is 8.04. The highest BCUT2D eigenvalue weighted by molar-refractivity contribution is 6.00. The van der Waals surface area contributed by atoms with Crippen LogP contribution in [0.2, 0.25) is 0 Å². The number of ether oxygens (including phenoxy) is 1. The van der Waals surface area contributed by atoms with Crippen LogP contribution in [0.4, 0.5) is 4.79 Å². The summed E-state index contributed by atoms with van der Waals surface area (Å²) in [5, 5.41) is 9.21. The van der Waals surface area contributed by atoms with Crippen LogP contribution in [0.5, 0.6) is 11.5 Å². The summed E-state index contributed by atoms with van der Waals surface area (Å²) in [7, 11) is 0. The van der Waals surface area contributed by atoms with Crippen molar-refractivity contribution >= 4 is 11.9 Å². The molecule has 1 unspecified atom stereocenters. The third kappa shape index (κ3) is 3.87. The molecule has 0 radical (unpaired) electrons. The van der Waals surface area contributed by atoms with Gasteiger partial charge in [-0.25, -0.2) is 4.79 Å². The molecule has 1 heterocycles. The van der Waals surface area contributed by atoms with Crippen LogP contribution in [0.15, 0.2) is 48.5 Å². The zero-order valence-corrected chi connectivity index (χ0v) is 14.9. The van der Waals surface area contributed by atoms with Crippen molar-refractivity contribution in [1.29, 1.82) is 0 Å². The summed E-state index contributed by atoms with van der Waals surface area (Å²) < 4.78 is 6.07. The smallest absolute Gasteiger partial charge is 0.407 e. The molecule has 1 aliphatic rings. The number of para-hydroxylation sites is 2. The lowest BCUT2D eigenvalue weighted by molar-refractivity contribution is 0.0804. The molecule has 5 nitrogen and oxygen atoms in total. The van der Waals surface area contributed by atoms with Crippen molar-refractivity contribution < 1.29 is 19.4 Å². The molecular weight excluding hydrogens is 330 g/mol. The highest BCUT2D eigenvalue weighted by atomic mass is 16.5. The molecule has 26 heavy (non-hydrogen) atoms. The number of Topliss-reactive ketones (excluding diaryl/α,β-unsaturated/α-hetero) is 1. The van der Waals surface area contributed by atoms with Gasteiger partial charge in [0.05, 0.1) is 5.56 Å². The summed E-state index contributed by atoms with van der Waals surface area (Å²) in [6, 6.07) is 15.0. The number of amides is 1. The second-order valence-corrected chi connectivity index (χ2v) is 6.49. The molecule has 5 heteroatoms. The molecule has 0 aromatic heterocycles. The van der Waals surface area contributed by atoms with E-state index in [0.717, 1.165) is 17.7 Å². The standard InChI is InChI=1S/C21H23NO4/c1-2-15-8-3-5-11-18(15)26-19-12-6-4-10-17(19)20(23)16-9-7-13-22(14-16)21(24)25/h3-6,8,10-12,16H,2,7,9,13-14H2,1H3,(H,24,25). The Morgan fingerprint density at radius 1 is 1.12 bits per heavy atom. The van der Waals surface area contributed by atoms with E-state index in [1.54, 1.807) is 12.1 Å². The minimum atomic E-state index is -0.969. The van der Waals surface area contributed by atoms with Crippen LogP contribution in [0.1, 0.15) is 35.7 Å². The van der Waals surface area contributed by atoms with Crippen LogP contribution in [0, 0.1) is 5.92 Å². The van der Waals surface area contributed by atoms with Gasteiger partial charge >= 0.3 is 6.09 Å². The number of nitrogens with zero attached hydrogens (tertiary/aromatic N) is 1. The zero-order chi connectivity index (χ0) is 18.5. The molecule has 1 atom stereocenters. The van der Waals surface area contributed by atoms with Gasteiger partial charge in [-0.3, -0.25) is 4.79 Å². The van der Waals surface area contributed by atoms with Crippen molar-refractivity contribution in [2.45, 2.75) is 26.2 Å². The molecular formula is C21H23NO4. The van der Waals surface area contributed by atoms with Crippen molar-refractivity contribution in [3.05, 3.63) is 59.7 Å². The van der Waals surface area contributed by atoms with Gasteiger partial charge in [0, 0.05) is 19.0 Å². The van der Waals surface area contributed by atoms with Crippen LogP contribution in [-0.2, 0) is 6.42 Å². The highest BCUT2D eigenvalue weighted by Gasteiger charge is 2.30. The SMILES string of the molecule is CCc1ccccc1Oc1ccccc1C(=O)C1CCCN(C(=O)O)C1. The number of benzene rings is 2. The van der Waals surface area contributed by atoms with E-state index in [0.29, 0.717) is 30.7 Å². The van der Waals surface area contributed by atoms with Gasteiger partial charge in [-0.1, -0.05) is 37.3 Å². The number of ketones is 1. The van der Waals surface area contributed by atoms with Crippen molar-refractivity contribution in [3.63, 3.8) is 0 Å². The molecule has 2 aromatic carbocycles. The van der Waals surface area contributed by atoms with Gasteiger partial charge in [0.15, 0.2) is 5.78 Å². The van der Waals surface area contributed by atoms with Crippen molar-refractivity contribution in [1.82, 2.24) is 4.90 Å². The van der Waals surface area contributed by atoms with Crippen molar-refractivity contribution in [3.8, 4) is 11.5 Å². The molecule has 1 aliphatic heterocycles. The average Bonchev–Trinajstić information content (AvgIpc) is 2.68. The molecule has 1 fully saturated rings. The fourth-order valence-corrected chi connectivity index (χ4v) is 3.36. The van der Waals surface area contributed by atoms with E-state index in [-0.39, 0.29) is 18.2 Å². The van der Waals surface area contributed by atoms with E-state index in [2.05, 4.69) is 6.92 Å². The predicted octanol–water partition coefficient (Wildman–Crippen LogP) is 4.61. The molecule has 1 amide bonds. The number of hydrogen-bond donors (Lipinski definition) is 1. The first-order valence-corrected chi connectivity index (χ1v) is 8.97. The Balaban J connectivity index is 1.85. The second-order valence-electron chi connectivity index (χ2n) is 6.49. The van der Waals surface area contributed by atoms with Crippen molar-refractivity contribution in [2.24, 2.45) is 5.92 Å². The zero-order valence-electron chi connectivity index (χ0n) is 14.9. The van der Waals surface area contributed by atoms with Gasteiger partial charge in [-0.15, -0.1) is 0 Å². The fraction of sp³-hybridized carbons (Fsp3) is 0.333. The highest BCUT2D eigenvalue weighted by Crippen LogP contribution is 2.31. The van der Waals surface area contributed by atoms with Crippen LogP contribution < -0.4 is 4.74 Å². The first-order chi connectivity index (χ1) is 12.6. The Kier molecular flexibility index (Phi) is 5.56. The molecule has 1 N–H and O–H groups in total. The van der Waals surface area contributed by atoms with Gasteiger partial charge in [-0.2, -0.15) is 0 Å². The number of piperidine rings is 1. The Bertz CT molecular complexity index is 802. The maximum Gasteiger partial charge on any atom is 0.407 e. The van der Waals surface area contributed by atoms with E-state index >= 15 is 0 Å². The number of hydrogen-bond acceptors (Lipinski definition) is 3. The Morgan fingerprint density at radius 3 is 2.54 bits per heavy atom. The van der Waals surface area contributed by atoms with E-state index < -0.39 is 6.09 Å². The lowest BCUT2D eigenvalue weighted by Crippen LogP contribution is -2.41. The van der Waals surface area contributed by atoms with Gasteiger partial charge in [0.25, 0.3) is 0 Å². The number of carboxylic acid groups (broad SMARTS) is 1. The van der Waals surface area contributed by atoms with E-state index in [1.807, 2.05) is 36.4 Å². The Morgan fingerprint density at radius 2 is 1.81 bits per heavy atom. The van der Waals surface area contributed by atoms with Gasteiger partial charge in [-0.05, 0) is 43.0 Å². The van der Waals surface area contributed by atoms with Crippen molar-refractivity contribution in [2.75, 3.05) is 13.1 Å². The summed E-state index contributed by atoms with van der Waals surface area (Å²) >= 11 is 0. The molecule has 0 bridgehead atoms. The van der Waals surface area contributed by atoms with Gasteiger partial charge < -0.3 is 14.7 Å². The molecule has 0 aliphatic carbocycles. The number of aryl methyl sites for hydroxylation is 1. The normalized spacial score (nSPS) is 17.0. The quantitative estimate of drug-likeness (QED) is 0.797. The summed E-state index contributed by atoms with van der Waals surface area (Å²) in [5.41, 5.74) is 1.58. The lowest BCUT2D eigenvalue weighted by Gasteiger charge is -2.30. The summed E-state index contributed by atoms with van der Waals surface area (Å²) in [6.45, 7) is 2.79. The first kappa shape index (κ1) is 18.0. The maximum absolute atomic E-state index is 13.0. The van der Waals surface area contributed by atoms with Gasteiger partial charge in [0.2, 0.25) is 0 Å². The first-order valence-electron chi connectivity index (χ1n) is 8.97. The van der Waals surface area contributed by atoms with E-state index in [9.17, 15) is 14.7 Å². The van der Waals surface area contributed by atoms with Crippen LogP contribution in [-0.4, -0.2) is 35.0 Å². The summed E-state index contributed by atoms with van der Waals surface area (Å²) in [5.74, 6) is 0.878. The van der Waals surface area contributed by atoms with Crippen LogP contribution in [0.3, 0.4) is 0 Å². The lowest BCUT2D eigenvalue weighted by atomic mass is 9.90. The molecule has 3 rings (SSSR count). The molecule has 2 aromatic rings. The Labute approximate surface area is 153 Å². The largest absolute Gasteiger partial charge is 0.465 e. The molecule has 1 saturated heterocycles. The number of carbonyl (C=O) groups excluding carboxylic acids is 1. The van der Waals surface area contributed by atoms with Gasteiger partial charge in [0.1, 0.15) is 11.5 Å². The molecule has 0 spiro atoms. The Hall–Kier alpha value is -2.82.